The topological polar surface area (TPSA) is 4.93 Å². The summed E-state index contributed by atoms with van der Waals surface area (Å²) in [5.41, 5.74) is 7.04. The van der Waals surface area contributed by atoms with E-state index in [1.165, 1.54) is 33.1 Å². The molecule has 5 rings (SSSR count). The van der Waals surface area contributed by atoms with E-state index in [0.717, 1.165) is 23.9 Å². The molecule has 0 spiro atoms. The summed E-state index contributed by atoms with van der Waals surface area (Å²) < 4.78 is 2.41. The minimum atomic E-state index is 0.796. The first-order chi connectivity index (χ1) is 12.8. The lowest BCUT2D eigenvalue weighted by Crippen LogP contribution is -2.00. The van der Waals surface area contributed by atoms with Crippen LogP contribution in [0.5, 0.6) is 0 Å². The minimum Gasteiger partial charge on any atom is -0.313 e. The van der Waals surface area contributed by atoms with Gasteiger partial charge in [-0.05, 0) is 48.2 Å². The predicted molar refractivity (Wildman–Crippen MR) is 113 cm³/mol. The van der Waals surface area contributed by atoms with Crippen LogP contribution in [-0.2, 0) is 0 Å². The van der Waals surface area contributed by atoms with Crippen molar-refractivity contribution in [3.05, 3.63) is 85.0 Å². The van der Waals surface area contributed by atoms with Crippen LogP contribution < -0.4 is 5.46 Å². The number of allylic oxidation sites excluding steroid dienone is 4. The lowest BCUT2D eigenvalue weighted by Gasteiger charge is -2.14. The van der Waals surface area contributed by atoms with E-state index in [2.05, 4.69) is 71.3 Å². The number of benzene rings is 3. The number of nitrogens with zero attached hydrogens (tertiary/aromatic N) is 1. The second kappa shape index (κ2) is 6.07. The molecule has 1 aliphatic carbocycles. The Balaban J connectivity index is 1.81. The highest BCUT2D eigenvalue weighted by Crippen LogP contribution is 2.36. The molecule has 1 aromatic heterocycles. The Bertz CT molecular complexity index is 1190. The van der Waals surface area contributed by atoms with Gasteiger partial charge in [-0.3, -0.25) is 0 Å². The number of rotatable bonds is 2. The highest BCUT2D eigenvalue weighted by molar-refractivity contribution is 6.32. The quantitative estimate of drug-likeness (QED) is 0.431. The summed E-state index contributed by atoms with van der Waals surface area (Å²) in [6, 6.07) is 23.5. The molecular weight excluding hydrogens is 313 g/mol. The molecule has 0 saturated heterocycles. The lowest BCUT2D eigenvalue weighted by molar-refractivity contribution is 0.979. The molecule has 1 nitrogen and oxygen atoms in total. The van der Waals surface area contributed by atoms with E-state index in [1.807, 2.05) is 18.2 Å². The van der Waals surface area contributed by atoms with Gasteiger partial charge in [0.1, 0.15) is 7.85 Å². The highest BCUT2D eigenvalue weighted by Gasteiger charge is 2.14. The van der Waals surface area contributed by atoms with Gasteiger partial charge in [-0.25, -0.2) is 0 Å². The molecule has 1 heterocycles. The van der Waals surface area contributed by atoms with Crippen LogP contribution in [-0.4, -0.2) is 12.4 Å². The van der Waals surface area contributed by atoms with Gasteiger partial charge >= 0.3 is 0 Å². The van der Waals surface area contributed by atoms with Crippen molar-refractivity contribution in [3.8, 4) is 11.1 Å². The molecule has 26 heavy (non-hydrogen) atoms. The second-order valence-electron chi connectivity index (χ2n) is 6.83. The van der Waals surface area contributed by atoms with Crippen molar-refractivity contribution < 1.29 is 0 Å². The third-order valence-corrected chi connectivity index (χ3v) is 5.17. The predicted octanol–water partition coefficient (Wildman–Crippen LogP) is 5.45. The first-order valence-corrected chi connectivity index (χ1v) is 9.06. The molecule has 0 aliphatic heterocycles. The van der Waals surface area contributed by atoms with Crippen molar-refractivity contribution in [2.24, 2.45) is 0 Å². The molecule has 1 aliphatic rings. The monoisotopic (exact) mass is 331 g/mol. The van der Waals surface area contributed by atoms with E-state index < -0.39 is 0 Å². The molecule has 122 valence electrons. The summed E-state index contributed by atoms with van der Waals surface area (Å²) in [6.45, 7) is 0. The van der Waals surface area contributed by atoms with Crippen molar-refractivity contribution >= 4 is 40.8 Å². The number of hydrogen-bond donors (Lipinski definition) is 0. The number of hydrogen-bond acceptors (Lipinski definition) is 0. The number of aromatic nitrogens is 1. The first kappa shape index (κ1) is 15.3. The Morgan fingerprint density at radius 3 is 2.46 bits per heavy atom. The van der Waals surface area contributed by atoms with Crippen molar-refractivity contribution in [1.29, 1.82) is 0 Å². The van der Waals surface area contributed by atoms with Crippen molar-refractivity contribution in [3.63, 3.8) is 0 Å². The van der Waals surface area contributed by atoms with Gasteiger partial charge in [-0.1, -0.05) is 66.1 Å². The average Bonchev–Trinajstić information content (AvgIpc) is 3.02. The smallest absolute Gasteiger partial charge is 0.113 e. The molecule has 0 N–H and O–H groups in total. The molecule has 2 heteroatoms. The van der Waals surface area contributed by atoms with Gasteiger partial charge in [0.25, 0.3) is 0 Å². The minimum absolute atomic E-state index is 0.796. The molecule has 0 atom stereocenters. The Labute approximate surface area is 154 Å². The lowest BCUT2D eigenvalue weighted by atomic mass is 9.92. The van der Waals surface area contributed by atoms with Crippen LogP contribution in [0.3, 0.4) is 0 Å². The molecule has 0 bridgehead atoms. The summed E-state index contributed by atoms with van der Waals surface area (Å²) in [4.78, 5) is 0. The maximum atomic E-state index is 5.98. The molecule has 4 aromatic rings. The zero-order valence-electron chi connectivity index (χ0n) is 14.5. The third kappa shape index (κ3) is 2.41. The van der Waals surface area contributed by atoms with E-state index in [0.29, 0.717) is 0 Å². The van der Waals surface area contributed by atoms with E-state index in [1.54, 1.807) is 0 Å². The van der Waals surface area contributed by atoms with Crippen LogP contribution in [0.2, 0.25) is 0 Å². The maximum absolute atomic E-state index is 5.98. The van der Waals surface area contributed by atoms with Gasteiger partial charge in [0.05, 0.1) is 11.0 Å². The van der Waals surface area contributed by atoms with Crippen LogP contribution in [0.15, 0.2) is 85.0 Å². The summed E-state index contributed by atoms with van der Waals surface area (Å²) in [5, 5.41) is 2.58. The van der Waals surface area contributed by atoms with Gasteiger partial charge in [-0.15, -0.1) is 0 Å². The fraction of sp³-hybridized carbons (Fsp3) is 0.0833. The molecule has 3 aromatic carbocycles. The molecule has 0 amide bonds. The fourth-order valence-electron chi connectivity index (χ4n) is 3.96. The van der Waals surface area contributed by atoms with Crippen LogP contribution in [0.4, 0.5) is 0 Å². The zero-order valence-corrected chi connectivity index (χ0v) is 14.5. The Morgan fingerprint density at radius 1 is 0.769 bits per heavy atom. The van der Waals surface area contributed by atoms with Gasteiger partial charge < -0.3 is 4.57 Å². The molecule has 0 fully saturated rings. The summed E-state index contributed by atoms with van der Waals surface area (Å²) >= 11 is 0. The molecule has 0 saturated carbocycles. The standard InChI is InChI=1S/C24H18BN/c25-19-8-6-7-17(15-19)18-13-14-24-22(16-18)21-11-4-5-12-23(21)26(24)20-9-2-1-3-10-20/h1-2,4-9,11-16H,3,10H2. The van der Waals surface area contributed by atoms with Crippen LogP contribution in [0.1, 0.15) is 12.8 Å². The van der Waals surface area contributed by atoms with Crippen molar-refractivity contribution in [2.75, 3.05) is 0 Å². The molecular formula is C24H18BN. The molecule has 2 radical (unpaired) electrons. The van der Waals surface area contributed by atoms with Crippen molar-refractivity contribution in [2.45, 2.75) is 12.8 Å². The number of fused-ring (bicyclic) bond motifs is 3. The maximum Gasteiger partial charge on any atom is 0.113 e. The average molecular weight is 331 g/mol. The van der Waals surface area contributed by atoms with Crippen LogP contribution >= 0.6 is 0 Å². The fourth-order valence-corrected chi connectivity index (χ4v) is 3.96. The van der Waals surface area contributed by atoms with E-state index >= 15 is 0 Å². The Kier molecular flexibility index (Phi) is 3.56. The summed E-state index contributed by atoms with van der Waals surface area (Å²) in [7, 11) is 5.98. The Morgan fingerprint density at radius 2 is 1.62 bits per heavy atom. The van der Waals surface area contributed by atoms with Gasteiger partial charge in [-0.2, -0.15) is 0 Å². The van der Waals surface area contributed by atoms with Crippen LogP contribution in [0.25, 0.3) is 38.6 Å². The molecule has 0 unspecified atom stereocenters. The largest absolute Gasteiger partial charge is 0.313 e. The van der Waals surface area contributed by atoms with Crippen LogP contribution in [0, 0.1) is 0 Å². The third-order valence-electron chi connectivity index (χ3n) is 5.17. The summed E-state index contributed by atoms with van der Waals surface area (Å²) in [5.74, 6) is 0. The van der Waals surface area contributed by atoms with E-state index in [-0.39, 0.29) is 0 Å². The van der Waals surface area contributed by atoms with Gasteiger partial charge in [0.15, 0.2) is 0 Å². The number of para-hydroxylation sites is 1. The SMILES string of the molecule is [B]c1cccc(-c2ccc3c(c2)c2ccccc2n3C2=CC=CCC2)c1. The van der Waals surface area contributed by atoms with Crippen molar-refractivity contribution in [1.82, 2.24) is 4.57 Å². The zero-order chi connectivity index (χ0) is 17.5. The normalized spacial score (nSPS) is 14.1. The summed E-state index contributed by atoms with van der Waals surface area (Å²) in [6.07, 6.45) is 8.81. The second-order valence-corrected chi connectivity index (χ2v) is 6.83. The van der Waals surface area contributed by atoms with E-state index in [9.17, 15) is 0 Å². The Hall–Kier alpha value is -3.00. The first-order valence-electron chi connectivity index (χ1n) is 9.06. The van der Waals surface area contributed by atoms with Gasteiger partial charge in [0.2, 0.25) is 0 Å². The van der Waals surface area contributed by atoms with E-state index in [4.69, 9.17) is 7.85 Å². The highest BCUT2D eigenvalue weighted by atomic mass is 15.0. The van der Waals surface area contributed by atoms with Gasteiger partial charge in [0, 0.05) is 16.5 Å².